The van der Waals surface area contributed by atoms with E-state index in [0.717, 1.165) is 19.3 Å². The Hall–Kier alpha value is -1.35. The van der Waals surface area contributed by atoms with Gasteiger partial charge in [-0.15, -0.1) is 0 Å². The molecular weight excluding hydrogens is 224 g/mol. The SMILES string of the molecule is NCC1(NC(=O)C2CC2c2ccccc2)CCC1. The average Bonchev–Trinajstić information content (AvgIpc) is 3.15. The summed E-state index contributed by atoms with van der Waals surface area (Å²) in [6, 6.07) is 10.3. The molecule has 2 unspecified atom stereocenters. The standard InChI is InChI=1S/C15H20N2O/c16-10-15(7-4-8-15)17-14(18)13-9-12(13)11-5-2-1-3-6-11/h1-3,5-6,12-13H,4,7-10,16H2,(H,17,18). The highest BCUT2D eigenvalue weighted by molar-refractivity contribution is 5.83. The average molecular weight is 244 g/mol. The predicted octanol–water partition coefficient (Wildman–Crippen LogP) is 1.79. The van der Waals surface area contributed by atoms with Gasteiger partial charge in [-0.25, -0.2) is 0 Å². The van der Waals surface area contributed by atoms with Crippen LogP contribution < -0.4 is 11.1 Å². The first-order valence-corrected chi connectivity index (χ1v) is 6.81. The maximum absolute atomic E-state index is 12.2. The van der Waals surface area contributed by atoms with Crippen LogP contribution >= 0.6 is 0 Å². The summed E-state index contributed by atoms with van der Waals surface area (Å²) in [7, 11) is 0. The van der Waals surface area contributed by atoms with Crippen molar-refractivity contribution in [3.8, 4) is 0 Å². The first kappa shape index (κ1) is 11.7. The van der Waals surface area contributed by atoms with Gasteiger partial charge in [0.05, 0.1) is 5.54 Å². The van der Waals surface area contributed by atoms with Crippen molar-refractivity contribution in [2.75, 3.05) is 6.54 Å². The summed E-state index contributed by atoms with van der Waals surface area (Å²) in [6.45, 7) is 0.571. The molecule has 3 N–H and O–H groups in total. The molecule has 0 aromatic heterocycles. The quantitative estimate of drug-likeness (QED) is 0.848. The molecule has 0 radical (unpaired) electrons. The van der Waals surface area contributed by atoms with Crippen molar-refractivity contribution < 1.29 is 4.79 Å². The molecule has 0 bridgehead atoms. The number of nitrogens with two attached hydrogens (primary N) is 1. The molecule has 96 valence electrons. The molecule has 1 aromatic carbocycles. The lowest BCUT2D eigenvalue weighted by Crippen LogP contribution is -2.58. The minimum atomic E-state index is -0.0824. The molecule has 0 aliphatic heterocycles. The van der Waals surface area contributed by atoms with Crippen molar-refractivity contribution in [3.63, 3.8) is 0 Å². The minimum absolute atomic E-state index is 0.0824. The fourth-order valence-electron chi connectivity index (χ4n) is 2.89. The largest absolute Gasteiger partial charge is 0.349 e. The third kappa shape index (κ3) is 2.03. The van der Waals surface area contributed by atoms with Gasteiger partial charge in [0, 0.05) is 12.5 Å². The molecular formula is C15H20N2O. The zero-order chi connectivity index (χ0) is 12.6. The molecule has 2 fully saturated rings. The van der Waals surface area contributed by atoms with E-state index in [1.54, 1.807) is 0 Å². The second kappa shape index (κ2) is 4.39. The van der Waals surface area contributed by atoms with E-state index >= 15 is 0 Å². The molecule has 1 amide bonds. The summed E-state index contributed by atoms with van der Waals surface area (Å²) in [4.78, 5) is 12.2. The van der Waals surface area contributed by atoms with Crippen LogP contribution in [0.3, 0.4) is 0 Å². The van der Waals surface area contributed by atoms with Crippen molar-refractivity contribution in [2.24, 2.45) is 11.7 Å². The lowest BCUT2D eigenvalue weighted by Gasteiger charge is -2.41. The summed E-state index contributed by atoms with van der Waals surface area (Å²) in [6.07, 6.45) is 4.25. The van der Waals surface area contributed by atoms with Crippen LogP contribution in [0.15, 0.2) is 30.3 Å². The molecule has 1 aromatic rings. The van der Waals surface area contributed by atoms with Crippen LogP contribution in [0.1, 0.15) is 37.2 Å². The Labute approximate surface area is 108 Å². The van der Waals surface area contributed by atoms with Crippen LogP contribution in [-0.2, 0) is 4.79 Å². The van der Waals surface area contributed by atoms with Gasteiger partial charge in [-0.1, -0.05) is 30.3 Å². The number of carbonyl (C=O) groups is 1. The number of nitrogens with one attached hydrogen (secondary N) is 1. The number of rotatable bonds is 4. The Bertz CT molecular complexity index is 434. The van der Waals surface area contributed by atoms with Crippen molar-refractivity contribution in [2.45, 2.75) is 37.1 Å². The third-order valence-electron chi connectivity index (χ3n) is 4.44. The van der Waals surface area contributed by atoms with E-state index in [9.17, 15) is 4.79 Å². The van der Waals surface area contributed by atoms with Crippen molar-refractivity contribution in [3.05, 3.63) is 35.9 Å². The number of carbonyl (C=O) groups excluding carboxylic acids is 1. The fraction of sp³-hybridized carbons (Fsp3) is 0.533. The Morgan fingerprint density at radius 3 is 2.61 bits per heavy atom. The first-order valence-electron chi connectivity index (χ1n) is 6.81. The van der Waals surface area contributed by atoms with E-state index in [1.165, 1.54) is 12.0 Å². The summed E-state index contributed by atoms with van der Waals surface area (Å²) in [5.74, 6) is 0.784. The lowest BCUT2D eigenvalue weighted by molar-refractivity contribution is -0.125. The minimum Gasteiger partial charge on any atom is -0.349 e. The van der Waals surface area contributed by atoms with Gasteiger partial charge in [0.15, 0.2) is 0 Å². The fourth-order valence-corrected chi connectivity index (χ4v) is 2.89. The van der Waals surface area contributed by atoms with Crippen LogP contribution in [-0.4, -0.2) is 18.0 Å². The van der Waals surface area contributed by atoms with E-state index in [-0.39, 0.29) is 17.4 Å². The highest BCUT2D eigenvalue weighted by Crippen LogP contribution is 2.48. The van der Waals surface area contributed by atoms with Crippen LogP contribution in [0.25, 0.3) is 0 Å². The Balaban J connectivity index is 1.60. The molecule has 2 aliphatic carbocycles. The van der Waals surface area contributed by atoms with Gasteiger partial charge in [0.1, 0.15) is 0 Å². The molecule has 0 spiro atoms. The Kier molecular flexibility index (Phi) is 2.86. The number of amides is 1. The topological polar surface area (TPSA) is 55.1 Å². The maximum atomic E-state index is 12.2. The van der Waals surface area contributed by atoms with Crippen molar-refractivity contribution in [1.29, 1.82) is 0 Å². The van der Waals surface area contributed by atoms with Crippen LogP contribution in [0.2, 0.25) is 0 Å². The van der Waals surface area contributed by atoms with Gasteiger partial charge < -0.3 is 11.1 Å². The zero-order valence-corrected chi connectivity index (χ0v) is 10.6. The first-order chi connectivity index (χ1) is 8.74. The molecule has 3 rings (SSSR count). The van der Waals surface area contributed by atoms with Gasteiger partial charge in [0.25, 0.3) is 0 Å². The van der Waals surface area contributed by atoms with Crippen LogP contribution in [0, 0.1) is 5.92 Å². The molecule has 2 aliphatic rings. The summed E-state index contributed by atoms with van der Waals surface area (Å²) >= 11 is 0. The molecule has 2 atom stereocenters. The number of hydrogen-bond acceptors (Lipinski definition) is 2. The molecule has 3 heteroatoms. The van der Waals surface area contributed by atoms with Crippen molar-refractivity contribution >= 4 is 5.91 Å². The Morgan fingerprint density at radius 1 is 1.33 bits per heavy atom. The van der Waals surface area contributed by atoms with Gasteiger partial charge >= 0.3 is 0 Å². The second-order valence-corrected chi connectivity index (χ2v) is 5.69. The van der Waals surface area contributed by atoms with E-state index in [1.807, 2.05) is 18.2 Å². The van der Waals surface area contributed by atoms with E-state index in [2.05, 4.69) is 17.4 Å². The maximum Gasteiger partial charge on any atom is 0.224 e. The lowest BCUT2D eigenvalue weighted by atomic mass is 9.76. The molecule has 3 nitrogen and oxygen atoms in total. The smallest absolute Gasteiger partial charge is 0.224 e. The van der Waals surface area contributed by atoms with Crippen LogP contribution in [0.4, 0.5) is 0 Å². The summed E-state index contributed by atoms with van der Waals surface area (Å²) < 4.78 is 0. The zero-order valence-electron chi connectivity index (χ0n) is 10.6. The Morgan fingerprint density at radius 2 is 2.06 bits per heavy atom. The van der Waals surface area contributed by atoms with Gasteiger partial charge in [-0.3, -0.25) is 4.79 Å². The normalized spacial score (nSPS) is 28.3. The van der Waals surface area contributed by atoms with Gasteiger partial charge in [-0.2, -0.15) is 0 Å². The van der Waals surface area contributed by atoms with Crippen molar-refractivity contribution in [1.82, 2.24) is 5.32 Å². The highest BCUT2D eigenvalue weighted by Gasteiger charge is 2.47. The molecule has 0 heterocycles. The van der Waals surface area contributed by atoms with E-state index in [0.29, 0.717) is 12.5 Å². The summed E-state index contributed by atoms with van der Waals surface area (Å²) in [5.41, 5.74) is 6.97. The van der Waals surface area contributed by atoms with E-state index in [4.69, 9.17) is 5.73 Å². The number of hydrogen-bond donors (Lipinski definition) is 2. The molecule has 2 saturated carbocycles. The predicted molar refractivity (Wildman–Crippen MR) is 71.1 cm³/mol. The van der Waals surface area contributed by atoms with Crippen LogP contribution in [0.5, 0.6) is 0 Å². The molecule has 18 heavy (non-hydrogen) atoms. The van der Waals surface area contributed by atoms with E-state index < -0.39 is 0 Å². The third-order valence-corrected chi connectivity index (χ3v) is 4.44. The van der Waals surface area contributed by atoms with Gasteiger partial charge in [-0.05, 0) is 37.2 Å². The summed E-state index contributed by atoms with van der Waals surface area (Å²) in [5, 5.41) is 3.18. The second-order valence-electron chi connectivity index (χ2n) is 5.69. The molecule has 0 saturated heterocycles. The monoisotopic (exact) mass is 244 g/mol. The highest BCUT2D eigenvalue weighted by atomic mass is 16.2. The number of benzene rings is 1. The van der Waals surface area contributed by atoms with Gasteiger partial charge in [0.2, 0.25) is 5.91 Å².